The molecule has 2 aromatic rings. The number of nitrogens with one attached hydrogen (secondary N) is 1. The summed E-state index contributed by atoms with van der Waals surface area (Å²) in [5, 5.41) is 12.9. The lowest BCUT2D eigenvalue weighted by molar-refractivity contribution is -0.137. The molecular weight excluding hydrogens is 242 g/mol. The Morgan fingerprint density at radius 3 is 2.63 bits per heavy atom. The number of aliphatic carboxylic acids is 1. The molecule has 4 nitrogen and oxygen atoms in total. The van der Waals surface area contributed by atoms with E-state index < -0.39 is 11.9 Å². The molecule has 1 amide bonds. The summed E-state index contributed by atoms with van der Waals surface area (Å²) >= 11 is 0. The molecule has 0 bridgehead atoms. The zero-order valence-electron chi connectivity index (χ0n) is 10.2. The van der Waals surface area contributed by atoms with Gasteiger partial charge in [-0.25, -0.2) is 0 Å². The first kappa shape index (κ1) is 12.8. The molecule has 0 fully saturated rings. The second-order valence-electron chi connectivity index (χ2n) is 4.01. The highest BCUT2D eigenvalue weighted by Gasteiger charge is 2.00. The van der Waals surface area contributed by atoms with Gasteiger partial charge in [-0.05, 0) is 22.4 Å². The highest BCUT2D eigenvalue weighted by atomic mass is 16.4. The van der Waals surface area contributed by atoms with Gasteiger partial charge in [0.25, 0.3) is 0 Å². The number of rotatable bonds is 4. The lowest BCUT2D eigenvalue weighted by Gasteiger charge is -2.01. The number of carbonyl (C=O) groups excluding carboxylic acids is 1. The normalized spacial score (nSPS) is 10.7. The van der Waals surface area contributed by atoms with Gasteiger partial charge < -0.3 is 10.4 Å². The van der Waals surface area contributed by atoms with E-state index in [1.54, 1.807) is 6.08 Å². The molecule has 0 radical (unpaired) electrons. The van der Waals surface area contributed by atoms with Crippen molar-refractivity contribution in [3.05, 3.63) is 54.1 Å². The SMILES string of the molecule is O=C(O)CNC(=O)C=Cc1cccc2ccccc12. The third-order valence-corrected chi connectivity index (χ3v) is 2.65. The molecule has 0 unspecified atom stereocenters. The molecule has 0 saturated carbocycles. The van der Waals surface area contributed by atoms with Gasteiger partial charge in [-0.1, -0.05) is 42.5 Å². The van der Waals surface area contributed by atoms with Crippen molar-refractivity contribution in [3.8, 4) is 0 Å². The summed E-state index contributed by atoms with van der Waals surface area (Å²) < 4.78 is 0. The van der Waals surface area contributed by atoms with Gasteiger partial charge >= 0.3 is 5.97 Å². The Bertz CT molecular complexity index is 641. The van der Waals surface area contributed by atoms with Crippen LogP contribution < -0.4 is 5.32 Å². The lowest BCUT2D eigenvalue weighted by atomic mass is 10.0. The van der Waals surface area contributed by atoms with Crippen molar-refractivity contribution in [1.29, 1.82) is 0 Å². The summed E-state index contributed by atoms with van der Waals surface area (Å²) in [6, 6.07) is 13.7. The van der Waals surface area contributed by atoms with Crippen LogP contribution in [0.5, 0.6) is 0 Å². The van der Waals surface area contributed by atoms with Crippen LogP contribution >= 0.6 is 0 Å². The first-order valence-electron chi connectivity index (χ1n) is 5.82. The Labute approximate surface area is 110 Å². The summed E-state index contributed by atoms with van der Waals surface area (Å²) in [6.45, 7) is -0.376. The molecule has 0 aliphatic rings. The van der Waals surface area contributed by atoms with E-state index in [0.29, 0.717) is 0 Å². The fraction of sp³-hybridized carbons (Fsp3) is 0.0667. The molecule has 2 aromatic carbocycles. The van der Waals surface area contributed by atoms with Crippen LogP contribution in [-0.4, -0.2) is 23.5 Å². The number of fused-ring (bicyclic) bond motifs is 1. The summed E-state index contributed by atoms with van der Waals surface area (Å²) in [7, 11) is 0. The van der Waals surface area contributed by atoms with E-state index >= 15 is 0 Å². The Hall–Kier alpha value is -2.62. The first-order chi connectivity index (χ1) is 9.16. The summed E-state index contributed by atoms with van der Waals surface area (Å²) in [4.78, 5) is 21.7. The maximum atomic E-state index is 11.4. The first-order valence-corrected chi connectivity index (χ1v) is 5.82. The molecule has 4 heteroatoms. The van der Waals surface area contributed by atoms with Gasteiger partial charge in [0.1, 0.15) is 6.54 Å². The van der Waals surface area contributed by atoms with Crippen LogP contribution in [0.2, 0.25) is 0 Å². The van der Waals surface area contributed by atoms with Gasteiger partial charge in [-0.2, -0.15) is 0 Å². The molecule has 0 aromatic heterocycles. The van der Waals surface area contributed by atoms with Crippen LogP contribution in [0.25, 0.3) is 16.8 Å². The van der Waals surface area contributed by atoms with E-state index in [1.807, 2.05) is 42.5 Å². The van der Waals surface area contributed by atoms with Crippen LogP contribution in [0.3, 0.4) is 0 Å². The van der Waals surface area contributed by atoms with E-state index in [4.69, 9.17) is 5.11 Å². The largest absolute Gasteiger partial charge is 0.480 e. The van der Waals surface area contributed by atoms with Gasteiger partial charge in [0.05, 0.1) is 0 Å². The summed E-state index contributed by atoms with van der Waals surface area (Å²) in [5.41, 5.74) is 0.920. The molecule has 0 atom stereocenters. The zero-order valence-corrected chi connectivity index (χ0v) is 10.2. The number of hydrogen-bond acceptors (Lipinski definition) is 2. The van der Waals surface area contributed by atoms with Gasteiger partial charge in [0.15, 0.2) is 0 Å². The maximum Gasteiger partial charge on any atom is 0.322 e. The summed E-state index contributed by atoms with van der Waals surface area (Å²) in [5.74, 6) is -1.48. The highest BCUT2D eigenvalue weighted by molar-refractivity contribution is 5.97. The highest BCUT2D eigenvalue weighted by Crippen LogP contribution is 2.19. The van der Waals surface area contributed by atoms with Crippen molar-refractivity contribution < 1.29 is 14.7 Å². The van der Waals surface area contributed by atoms with Gasteiger partial charge in [-0.3, -0.25) is 9.59 Å². The Kier molecular flexibility index (Phi) is 3.93. The second-order valence-corrected chi connectivity index (χ2v) is 4.01. The Morgan fingerprint density at radius 2 is 1.84 bits per heavy atom. The summed E-state index contributed by atoms with van der Waals surface area (Å²) in [6.07, 6.45) is 3.02. The second kappa shape index (κ2) is 5.82. The molecule has 0 heterocycles. The van der Waals surface area contributed by atoms with Crippen molar-refractivity contribution >= 4 is 28.7 Å². The molecular formula is C15H13NO3. The number of hydrogen-bond donors (Lipinski definition) is 2. The number of benzene rings is 2. The molecule has 96 valence electrons. The van der Waals surface area contributed by atoms with Crippen molar-refractivity contribution in [2.75, 3.05) is 6.54 Å². The fourth-order valence-electron chi connectivity index (χ4n) is 1.78. The van der Waals surface area contributed by atoms with E-state index in [9.17, 15) is 9.59 Å². The molecule has 0 saturated heterocycles. The average molecular weight is 255 g/mol. The van der Waals surface area contributed by atoms with Crippen molar-refractivity contribution in [2.45, 2.75) is 0 Å². The zero-order chi connectivity index (χ0) is 13.7. The van der Waals surface area contributed by atoms with Crippen LogP contribution in [0, 0.1) is 0 Å². The topological polar surface area (TPSA) is 66.4 Å². The number of carbonyl (C=O) groups is 2. The molecule has 19 heavy (non-hydrogen) atoms. The predicted molar refractivity (Wildman–Crippen MR) is 73.6 cm³/mol. The van der Waals surface area contributed by atoms with Crippen LogP contribution in [-0.2, 0) is 9.59 Å². The fourth-order valence-corrected chi connectivity index (χ4v) is 1.78. The molecule has 0 spiro atoms. The minimum absolute atomic E-state index is 0.376. The average Bonchev–Trinajstić information content (AvgIpc) is 2.42. The minimum Gasteiger partial charge on any atom is -0.480 e. The van der Waals surface area contributed by atoms with Crippen molar-refractivity contribution in [3.63, 3.8) is 0 Å². The third-order valence-electron chi connectivity index (χ3n) is 2.65. The minimum atomic E-state index is -1.06. The standard InChI is InChI=1S/C15H13NO3/c17-14(16-10-15(18)19)9-8-12-6-3-5-11-4-1-2-7-13(11)12/h1-9H,10H2,(H,16,17)(H,18,19). The number of carboxylic acid groups (broad SMARTS) is 1. The van der Waals surface area contributed by atoms with Gasteiger partial charge in [0.2, 0.25) is 5.91 Å². The van der Waals surface area contributed by atoms with E-state index in [-0.39, 0.29) is 6.54 Å². The van der Waals surface area contributed by atoms with E-state index in [1.165, 1.54) is 6.08 Å². The van der Waals surface area contributed by atoms with Gasteiger partial charge in [-0.15, -0.1) is 0 Å². The Balaban J connectivity index is 2.17. The van der Waals surface area contributed by atoms with Crippen molar-refractivity contribution in [1.82, 2.24) is 5.32 Å². The number of carboxylic acids is 1. The predicted octanol–water partition coefficient (Wildman–Crippen LogP) is 2.05. The quantitative estimate of drug-likeness (QED) is 0.822. The third kappa shape index (κ3) is 3.42. The van der Waals surface area contributed by atoms with Gasteiger partial charge in [0, 0.05) is 6.08 Å². The molecule has 2 rings (SSSR count). The lowest BCUT2D eigenvalue weighted by Crippen LogP contribution is -2.27. The van der Waals surface area contributed by atoms with Crippen LogP contribution in [0.15, 0.2) is 48.5 Å². The smallest absolute Gasteiger partial charge is 0.322 e. The number of amides is 1. The van der Waals surface area contributed by atoms with Crippen molar-refractivity contribution in [2.24, 2.45) is 0 Å². The molecule has 0 aliphatic heterocycles. The maximum absolute atomic E-state index is 11.4. The Morgan fingerprint density at radius 1 is 1.11 bits per heavy atom. The van der Waals surface area contributed by atoms with E-state index in [2.05, 4.69) is 5.32 Å². The van der Waals surface area contributed by atoms with Crippen LogP contribution in [0.4, 0.5) is 0 Å². The molecule has 0 aliphatic carbocycles. The monoisotopic (exact) mass is 255 g/mol. The molecule has 2 N–H and O–H groups in total. The van der Waals surface area contributed by atoms with Crippen LogP contribution in [0.1, 0.15) is 5.56 Å². The van der Waals surface area contributed by atoms with E-state index in [0.717, 1.165) is 16.3 Å².